The van der Waals surface area contributed by atoms with Crippen molar-refractivity contribution in [2.45, 2.75) is 25.3 Å². The lowest BCUT2D eigenvalue weighted by Crippen LogP contribution is -2.34. The molecule has 0 radical (unpaired) electrons. The molecule has 3 rings (SSSR count). The number of nitrogens with zero attached hydrogens (tertiary/aromatic N) is 2. The van der Waals surface area contributed by atoms with Crippen LogP contribution in [-0.4, -0.2) is 34.9 Å². The lowest BCUT2D eigenvalue weighted by Gasteiger charge is -2.18. The smallest absolute Gasteiger partial charge is 0.273 e. The van der Waals surface area contributed by atoms with Gasteiger partial charge in [-0.15, -0.1) is 0 Å². The molecule has 1 aromatic carbocycles. The maximum absolute atomic E-state index is 12.4. The summed E-state index contributed by atoms with van der Waals surface area (Å²) in [5, 5.41) is 11.0. The van der Waals surface area contributed by atoms with Crippen molar-refractivity contribution in [3.05, 3.63) is 39.9 Å². The van der Waals surface area contributed by atoms with Crippen LogP contribution in [0.15, 0.2) is 24.3 Å². The van der Waals surface area contributed by atoms with Crippen LogP contribution in [0.2, 0.25) is 0 Å². The van der Waals surface area contributed by atoms with Crippen molar-refractivity contribution in [3.8, 4) is 0 Å². The quantitative estimate of drug-likeness (QED) is 0.671. The van der Waals surface area contributed by atoms with Gasteiger partial charge in [-0.25, -0.2) is 0 Å². The molecule has 1 aliphatic carbocycles. The van der Waals surface area contributed by atoms with Gasteiger partial charge in [0.05, 0.1) is 11.3 Å². The largest absolute Gasteiger partial charge is 0.342 e. The molecule has 0 aromatic heterocycles. The number of likely N-dealkylation sites (tertiary alicyclic amines) is 1. The van der Waals surface area contributed by atoms with Crippen molar-refractivity contribution < 1.29 is 9.72 Å². The first kappa shape index (κ1) is 14.0. The third-order valence-electron chi connectivity index (χ3n) is 4.80. The summed E-state index contributed by atoms with van der Waals surface area (Å²) in [5.74, 6) is 0.875. The second-order valence-electron chi connectivity index (χ2n) is 6.03. The summed E-state index contributed by atoms with van der Waals surface area (Å²) in [6, 6.07) is 6.63. The van der Waals surface area contributed by atoms with Gasteiger partial charge < -0.3 is 10.6 Å². The highest BCUT2D eigenvalue weighted by molar-refractivity contribution is 5.80. The molecule has 2 fully saturated rings. The summed E-state index contributed by atoms with van der Waals surface area (Å²) in [6.07, 6.45) is 2.22. The van der Waals surface area contributed by atoms with Crippen molar-refractivity contribution in [2.75, 3.05) is 13.1 Å². The van der Waals surface area contributed by atoms with E-state index in [0.717, 1.165) is 19.4 Å². The Morgan fingerprint density at radius 3 is 2.81 bits per heavy atom. The standard InChI is InChI=1S/C15H19N3O3/c16-13-6-5-11-8-17(9-12(11)13)15(19)7-10-3-1-2-4-14(10)18(20)21/h1-4,11-13H,5-9,16H2. The van der Waals surface area contributed by atoms with Crippen molar-refractivity contribution in [1.29, 1.82) is 0 Å². The second-order valence-corrected chi connectivity index (χ2v) is 6.03. The van der Waals surface area contributed by atoms with E-state index in [-0.39, 0.29) is 24.1 Å². The molecule has 0 bridgehead atoms. The number of benzene rings is 1. The van der Waals surface area contributed by atoms with Crippen LogP contribution in [0.1, 0.15) is 18.4 Å². The van der Waals surface area contributed by atoms with Crippen LogP contribution < -0.4 is 5.73 Å². The van der Waals surface area contributed by atoms with Gasteiger partial charge >= 0.3 is 0 Å². The van der Waals surface area contributed by atoms with Gasteiger partial charge in [0.1, 0.15) is 0 Å². The Kier molecular flexibility index (Phi) is 3.63. The van der Waals surface area contributed by atoms with Gasteiger partial charge in [0.2, 0.25) is 5.91 Å². The SMILES string of the molecule is NC1CCC2CN(C(=O)Cc3ccccc3[N+](=O)[O-])CC12. The van der Waals surface area contributed by atoms with Crippen LogP contribution in [0.25, 0.3) is 0 Å². The first-order valence-corrected chi connectivity index (χ1v) is 7.32. The van der Waals surface area contributed by atoms with E-state index in [0.29, 0.717) is 23.9 Å². The minimum absolute atomic E-state index is 0.0157. The number of nitro groups is 1. The highest BCUT2D eigenvalue weighted by Crippen LogP contribution is 2.37. The molecule has 0 spiro atoms. The number of hydrogen-bond donors (Lipinski definition) is 1. The summed E-state index contributed by atoms with van der Waals surface area (Å²) >= 11 is 0. The fraction of sp³-hybridized carbons (Fsp3) is 0.533. The summed E-state index contributed by atoms with van der Waals surface area (Å²) in [6.45, 7) is 1.45. The van der Waals surface area contributed by atoms with Crippen LogP contribution in [0, 0.1) is 22.0 Å². The molecular formula is C15H19N3O3. The maximum atomic E-state index is 12.4. The Bertz CT molecular complexity index is 575. The average Bonchev–Trinajstić information content (AvgIpc) is 3.02. The van der Waals surface area contributed by atoms with Crippen molar-refractivity contribution >= 4 is 11.6 Å². The molecule has 112 valence electrons. The number of nitrogens with two attached hydrogens (primary N) is 1. The Hall–Kier alpha value is -1.95. The topological polar surface area (TPSA) is 89.5 Å². The number of carbonyl (C=O) groups is 1. The van der Waals surface area contributed by atoms with Gasteiger partial charge in [0.25, 0.3) is 5.69 Å². The third kappa shape index (κ3) is 2.63. The lowest BCUT2D eigenvalue weighted by molar-refractivity contribution is -0.385. The van der Waals surface area contributed by atoms with E-state index in [4.69, 9.17) is 5.73 Å². The van der Waals surface area contributed by atoms with Crippen LogP contribution in [0.4, 0.5) is 5.69 Å². The van der Waals surface area contributed by atoms with E-state index in [2.05, 4.69) is 0 Å². The molecule has 1 aromatic rings. The summed E-state index contributed by atoms with van der Waals surface area (Å²) in [5.41, 5.74) is 6.57. The first-order valence-electron chi connectivity index (χ1n) is 7.32. The molecule has 1 amide bonds. The third-order valence-corrected chi connectivity index (χ3v) is 4.80. The highest BCUT2D eigenvalue weighted by atomic mass is 16.6. The number of fused-ring (bicyclic) bond motifs is 1. The molecule has 21 heavy (non-hydrogen) atoms. The molecule has 6 heteroatoms. The minimum atomic E-state index is -0.433. The van der Waals surface area contributed by atoms with Crippen LogP contribution in [0.3, 0.4) is 0 Å². The minimum Gasteiger partial charge on any atom is -0.342 e. The summed E-state index contributed by atoms with van der Waals surface area (Å²) < 4.78 is 0. The zero-order valence-corrected chi connectivity index (χ0v) is 11.8. The Morgan fingerprint density at radius 1 is 1.33 bits per heavy atom. The fourth-order valence-electron chi connectivity index (χ4n) is 3.62. The Labute approximate surface area is 123 Å². The average molecular weight is 289 g/mol. The Morgan fingerprint density at radius 2 is 2.10 bits per heavy atom. The van der Waals surface area contributed by atoms with Gasteiger partial charge in [-0.2, -0.15) is 0 Å². The molecule has 1 saturated heterocycles. The molecule has 3 atom stereocenters. The van der Waals surface area contributed by atoms with Gasteiger partial charge in [0, 0.05) is 30.8 Å². The van der Waals surface area contributed by atoms with E-state index in [9.17, 15) is 14.9 Å². The van der Waals surface area contributed by atoms with Gasteiger partial charge in [-0.3, -0.25) is 14.9 Å². The molecule has 2 N–H and O–H groups in total. The lowest BCUT2D eigenvalue weighted by atomic mass is 9.98. The van der Waals surface area contributed by atoms with E-state index < -0.39 is 4.92 Å². The summed E-state index contributed by atoms with van der Waals surface area (Å²) in [7, 11) is 0. The van der Waals surface area contributed by atoms with E-state index in [1.165, 1.54) is 6.07 Å². The van der Waals surface area contributed by atoms with Crippen molar-refractivity contribution in [3.63, 3.8) is 0 Å². The molecule has 3 unspecified atom stereocenters. The van der Waals surface area contributed by atoms with Gasteiger partial charge in [-0.05, 0) is 24.7 Å². The van der Waals surface area contributed by atoms with Crippen LogP contribution in [-0.2, 0) is 11.2 Å². The molecule has 1 heterocycles. The Balaban J connectivity index is 1.69. The zero-order chi connectivity index (χ0) is 15.0. The van der Waals surface area contributed by atoms with E-state index >= 15 is 0 Å². The van der Waals surface area contributed by atoms with E-state index in [1.807, 2.05) is 4.90 Å². The number of amides is 1. The van der Waals surface area contributed by atoms with Gasteiger partial charge in [-0.1, -0.05) is 18.2 Å². The predicted molar refractivity (Wildman–Crippen MR) is 77.6 cm³/mol. The number of para-hydroxylation sites is 1. The van der Waals surface area contributed by atoms with Gasteiger partial charge in [0.15, 0.2) is 0 Å². The number of nitro benzene ring substituents is 1. The molecule has 1 aliphatic heterocycles. The summed E-state index contributed by atoms with van der Waals surface area (Å²) in [4.78, 5) is 24.8. The predicted octanol–water partition coefficient (Wildman–Crippen LogP) is 1.33. The first-order chi connectivity index (χ1) is 10.1. The molecule has 1 saturated carbocycles. The number of rotatable bonds is 3. The molecule has 6 nitrogen and oxygen atoms in total. The monoisotopic (exact) mass is 289 g/mol. The van der Waals surface area contributed by atoms with Crippen molar-refractivity contribution in [2.24, 2.45) is 17.6 Å². The normalized spacial score (nSPS) is 27.7. The van der Waals surface area contributed by atoms with E-state index in [1.54, 1.807) is 18.2 Å². The second kappa shape index (κ2) is 5.44. The fourth-order valence-corrected chi connectivity index (χ4v) is 3.62. The van der Waals surface area contributed by atoms with Crippen molar-refractivity contribution in [1.82, 2.24) is 4.90 Å². The highest BCUT2D eigenvalue weighted by Gasteiger charge is 2.42. The number of hydrogen-bond acceptors (Lipinski definition) is 4. The molecular weight excluding hydrogens is 270 g/mol. The van der Waals surface area contributed by atoms with Crippen LogP contribution in [0.5, 0.6) is 0 Å². The maximum Gasteiger partial charge on any atom is 0.273 e. The van der Waals surface area contributed by atoms with Crippen LogP contribution >= 0.6 is 0 Å². The number of carbonyl (C=O) groups excluding carboxylic acids is 1. The molecule has 2 aliphatic rings. The zero-order valence-electron chi connectivity index (χ0n) is 11.8.